The molecule has 6 nitrogen and oxygen atoms in total. The van der Waals surface area contributed by atoms with Crippen molar-refractivity contribution >= 4 is 29.0 Å². The summed E-state index contributed by atoms with van der Waals surface area (Å²) in [6.45, 7) is 5.48. The number of rotatable bonds is 6. The Kier molecular flexibility index (Phi) is 5.41. The Morgan fingerprint density at radius 2 is 1.78 bits per heavy atom. The molecule has 0 aliphatic rings. The number of nitrogens with zero attached hydrogens (tertiary/aromatic N) is 2. The van der Waals surface area contributed by atoms with Crippen LogP contribution in [0.4, 0.5) is 17.3 Å². The average molecular weight is 312 g/mol. The zero-order valence-electron chi connectivity index (χ0n) is 13.5. The molecule has 0 aliphatic heterocycles. The number of carbonyl (C=O) groups is 2. The Labute approximate surface area is 135 Å². The summed E-state index contributed by atoms with van der Waals surface area (Å²) >= 11 is 0. The number of amides is 1. The van der Waals surface area contributed by atoms with Gasteiger partial charge in [0.2, 0.25) is 5.91 Å². The van der Waals surface area contributed by atoms with Crippen molar-refractivity contribution < 1.29 is 9.59 Å². The largest absolute Gasteiger partial charge is 0.339 e. The van der Waals surface area contributed by atoms with Crippen molar-refractivity contribution in [1.29, 1.82) is 0 Å². The number of hydrogen-bond donors (Lipinski definition) is 2. The SMILES string of the molecule is CC(=O)c1cccc(Nc2ccc(NC(=O)CC(C)C)nn2)c1. The van der Waals surface area contributed by atoms with E-state index in [1.807, 2.05) is 19.9 Å². The molecule has 2 rings (SSSR count). The first-order valence-electron chi connectivity index (χ1n) is 7.45. The van der Waals surface area contributed by atoms with E-state index in [1.54, 1.807) is 30.3 Å². The predicted octanol–water partition coefficient (Wildman–Crippen LogP) is 3.41. The van der Waals surface area contributed by atoms with Crippen molar-refractivity contribution in [3.05, 3.63) is 42.0 Å². The molecule has 0 unspecified atom stereocenters. The van der Waals surface area contributed by atoms with Crippen molar-refractivity contribution in [2.75, 3.05) is 10.6 Å². The number of ketones is 1. The van der Waals surface area contributed by atoms with Crippen LogP contribution >= 0.6 is 0 Å². The highest BCUT2D eigenvalue weighted by Gasteiger charge is 2.07. The standard InChI is InChI=1S/C17H20N4O2/c1-11(2)9-17(23)19-16-8-7-15(20-21-16)18-14-6-4-5-13(10-14)12(3)22/h4-8,10-11H,9H2,1-3H3,(H,18,20)(H,19,21,23). The van der Waals surface area contributed by atoms with Crippen molar-refractivity contribution in [2.24, 2.45) is 5.92 Å². The number of anilines is 3. The first kappa shape index (κ1) is 16.6. The summed E-state index contributed by atoms with van der Waals surface area (Å²) in [6.07, 6.45) is 0.444. The van der Waals surface area contributed by atoms with E-state index in [4.69, 9.17) is 0 Å². The van der Waals surface area contributed by atoms with Gasteiger partial charge < -0.3 is 10.6 Å². The van der Waals surface area contributed by atoms with Gasteiger partial charge in [-0.15, -0.1) is 10.2 Å². The van der Waals surface area contributed by atoms with Crippen molar-refractivity contribution in [3.63, 3.8) is 0 Å². The third-order valence-corrected chi connectivity index (χ3v) is 3.07. The van der Waals surface area contributed by atoms with Gasteiger partial charge in [-0.3, -0.25) is 9.59 Å². The van der Waals surface area contributed by atoms with E-state index in [1.165, 1.54) is 6.92 Å². The monoisotopic (exact) mass is 312 g/mol. The van der Waals surface area contributed by atoms with E-state index in [0.29, 0.717) is 23.6 Å². The van der Waals surface area contributed by atoms with Crippen LogP contribution in [0, 0.1) is 5.92 Å². The highest BCUT2D eigenvalue weighted by atomic mass is 16.1. The van der Waals surface area contributed by atoms with Gasteiger partial charge in [-0.1, -0.05) is 26.0 Å². The maximum Gasteiger partial charge on any atom is 0.225 e. The zero-order valence-corrected chi connectivity index (χ0v) is 13.5. The Balaban J connectivity index is 2.01. The van der Waals surface area contributed by atoms with Crippen LogP contribution < -0.4 is 10.6 Å². The van der Waals surface area contributed by atoms with E-state index < -0.39 is 0 Å². The Morgan fingerprint density at radius 3 is 2.39 bits per heavy atom. The third kappa shape index (κ3) is 5.18. The lowest BCUT2D eigenvalue weighted by atomic mass is 10.1. The van der Waals surface area contributed by atoms with Crippen LogP contribution in [0.5, 0.6) is 0 Å². The van der Waals surface area contributed by atoms with E-state index in [2.05, 4.69) is 20.8 Å². The molecule has 1 amide bonds. The summed E-state index contributed by atoms with van der Waals surface area (Å²) in [5.74, 6) is 1.16. The van der Waals surface area contributed by atoms with Gasteiger partial charge in [0.25, 0.3) is 0 Å². The molecule has 1 aromatic carbocycles. The molecule has 1 heterocycles. The van der Waals surface area contributed by atoms with E-state index in [9.17, 15) is 9.59 Å². The zero-order chi connectivity index (χ0) is 16.8. The molecule has 0 atom stereocenters. The highest BCUT2D eigenvalue weighted by molar-refractivity contribution is 5.95. The van der Waals surface area contributed by atoms with Crippen LogP contribution in [0.15, 0.2) is 36.4 Å². The summed E-state index contributed by atoms with van der Waals surface area (Å²) in [5, 5.41) is 13.8. The van der Waals surface area contributed by atoms with Crippen LogP contribution in [0.1, 0.15) is 37.6 Å². The van der Waals surface area contributed by atoms with E-state index in [-0.39, 0.29) is 17.6 Å². The van der Waals surface area contributed by atoms with Gasteiger partial charge >= 0.3 is 0 Å². The number of hydrogen-bond acceptors (Lipinski definition) is 5. The molecule has 2 N–H and O–H groups in total. The van der Waals surface area contributed by atoms with Crippen LogP contribution in [0.2, 0.25) is 0 Å². The fourth-order valence-electron chi connectivity index (χ4n) is 1.99. The van der Waals surface area contributed by atoms with Crippen LogP contribution in [-0.2, 0) is 4.79 Å². The van der Waals surface area contributed by atoms with Gasteiger partial charge in [0.05, 0.1) is 0 Å². The number of Topliss-reactive ketones (excluding diaryl/α,β-unsaturated/α-hetero) is 1. The molecule has 0 saturated heterocycles. The molecule has 2 aromatic rings. The average Bonchev–Trinajstić information content (AvgIpc) is 2.48. The molecule has 6 heteroatoms. The first-order valence-corrected chi connectivity index (χ1v) is 7.45. The minimum Gasteiger partial charge on any atom is -0.339 e. The minimum atomic E-state index is -0.0795. The molecule has 120 valence electrons. The molecular weight excluding hydrogens is 292 g/mol. The van der Waals surface area contributed by atoms with Crippen LogP contribution in [0.25, 0.3) is 0 Å². The number of carbonyl (C=O) groups excluding carboxylic acids is 2. The number of benzene rings is 1. The topological polar surface area (TPSA) is 84.0 Å². The summed E-state index contributed by atoms with van der Waals surface area (Å²) in [7, 11) is 0. The van der Waals surface area contributed by atoms with Crippen LogP contribution in [0.3, 0.4) is 0 Å². The second kappa shape index (κ2) is 7.49. The maximum absolute atomic E-state index is 11.7. The predicted molar refractivity (Wildman–Crippen MR) is 89.8 cm³/mol. The Bertz CT molecular complexity index is 696. The van der Waals surface area contributed by atoms with Crippen molar-refractivity contribution in [1.82, 2.24) is 10.2 Å². The minimum absolute atomic E-state index is 0.00273. The van der Waals surface area contributed by atoms with E-state index in [0.717, 1.165) is 5.69 Å². The fraction of sp³-hybridized carbons (Fsp3) is 0.294. The lowest BCUT2D eigenvalue weighted by Gasteiger charge is -2.08. The second-order valence-electron chi connectivity index (χ2n) is 5.71. The summed E-state index contributed by atoms with van der Waals surface area (Å²) < 4.78 is 0. The van der Waals surface area contributed by atoms with Gasteiger partial charge in [-0.2, -0.15) is 0 Å². The molecule has 0 saturated carbocycles. The van der Waals surface area contributed by atoms with Crippen molar-refractivity contribution in [3.8, 4) is 0 Å². The Hall–Kier alpha value is -2.76. The molecular formula is C17H20N4O2. The molecule has 0 fully saturated rings. The summed E-state index contributed by atoms with van der Waals surface area (Å²) in [6, 6.07) is 10.6. The third-order valence-electron chi connectivity index (χ3n) is 3.07. The molecule has 23 heavy (non-hydrogen) atoms. The van der Waals surface area contributed by atoms with Gasteiger partial charge in [0.1, 0.15) is 0 Å². The van der Waals surface area contributed by atoms with Gasteiger partial charge in [0, 0.05) is 17.7 Å². The molecule has 0 aliphatic carbocycles. The van der Waals surface area contributed by atoms with E-state index >= 15 is 0 Å². The molecule has 0 spiro atoms. The normalized spacial score (nSPS) is 10.4. The smallest absolute Gasteiger partial charge is 0.225 e. The fourth-order valence-corrected chi connectivity index (χ4v) is 1.99. The second-order valence-corrected chi connectivity index (χ2v) is 5.71. The van der Waals surface area contributed by atoms with Gasteiger partial charge in [-0.25, -0.2) is 0 Å². The van der Waals surface area contributed by atoms with Crippen LogP contribution in [-0.4, -0.2) is 21.9 Å². The quantitative estimate of drug-likeness (QED) is 0.799. The van der Waals surface area contributed by atoms with Crippen molar-refractivity contribution in [2.45, 2.75) is 27.2 Å². The summed E-state index contributed by atoms with van der Waals surface area (Å²) in [5.41, 5.74) is 1.38. The summed E-state index contributed by atoms with van der Waals surface area (Å²) in [4.78, 5) is 23.1. The molecule has 0 radical (unpaired) electrons. The number of nitrogens with one attached hydrogen (secondary N) is 2. The Morgan fingerprint density at radius 1 is 1.09 bits per heavy atom. The van der Waals surface area contributed by atoms with Gasteiger partial charge in [0.15, 0.2) is 17.4 Å². The lowest BCUT2D eigenvalue weighted by molar-refractivity contribution is -0.116. The lowest BCUT2D eigenvalue weighted by Crippen LogP contribution is -2.15. The molecule has 1 aromatic heterocycles. The van der Waals surface area contributed by atoms with Gasteiger partial charge in [-0.05, 0) is 37.1 Å². The number of aromatic nitrogens is 2. The maximum atomic E-state index is 11.7. The highest BCUT2D eigenvalue weighted by Crippen LogP contribution is 2.17. The first-order chi connectivity index (χ1) is 10.9. The molecule has 0 bridgehead atoms.